The van der Waals surface area contributed by atoms with Crippen LogP contribution in [0.1, 0.15) is 46.7 Å². The first-order chi connectivity index (χ1) is 16.6. The molecule has 4 atom stereocenters. The third-order valence-electron chi connectivity index (χ3n) is 8.20. The number of carbonyl (C=O) groups is 2. The molecular formula is C28H23ClN2O3. The number of hydrogen-bond acceptors (Lipinski definition) is 4. The molecule has 0 aromatic heterocycles. The smallest absolute Gasteiger partial charge is 0.254 e. The Balaban J connectivity index is 1.58. The first kappa shape index (κ1) is 20.2. The van der Waals surface area contributed by atoms with Crippen molar-refractivity contribution in [1.82, 2.24) is 4.90 Å². The average molecular weight is 471 g/mol. The molecule has 2 spiro atoms. The zero-order valence-corrected chi connectivity index (χ0v) is 19.2. The first-order valence-corrected chi connectivity index (χ1v) is 12.2. The lowest BCUT2D eigenvalue weighted by Gasteiger charge is -2.44. The van der Waals surface area contributed by atoms with Crippen LogP contribution in [0.3, 0.4) is 0 Å². The summed E-state index contributed by atoms with van der Waals surface area (Å²) in [4.78, 5) is 31.0. The molecule has 1 N–H and O–H groups in total. The van der Waals surface area contributed by atoms with Gasteiger partial charge in [-0.05, 0) is 55.3 Å². The van der Waals surface area contributed by atoms with Gasteiger partial charge >= 0.3 is 0 Å². The van der Waals surface area contributed by atoms with Crippen LogP contribution in [0.4, 0.5) is 5.69 Å². The number of Topliss-reactive ketones (excluding diaryl/α,β-unsaturated/α-hetero) is 1. The Kier molecular flexibility index (Phi) is 4.13. The summed E-state index contributed by atoms with van der Waals surface area (Å²) in [5.41, 5.74) is 0.407. The Hall–Kier alpha value is -3.15. The Morgan fingerprint density at radius 2 is 1.71 bits per heavy atom. The van der Waals surface area contributed by atoms with E-state index in [0.717, 1.165) is 42.6 Å². The van der Waals surface area contributed by atoms with Crippen LogP contribution in [0.25, 0.3) is 0 Å². The second-order valence-corrected chi connectivity index (χ2v) is 10.1. The van der Waals surface area contributed by atoms with Crippen molar-refractivity contribution in [3.63, 3.8) is 0 Å². The lowest BCUT2D eigenvalue weighted by molar-refractivity contribution is -0.135. The minimum atomic E-state index is -1.42. The summed E-state index contributed by atoms with van der Waals surface area (Å²) in [6.07, 6.45) is 2.90. The van der Waals surface area contributed by atoms with Crippen molar-refractivity contribution >= 4 is 29.0 Å². The van der Waals surface area contributed by atoms with E-state index in [2.05, 4.69) is 10.2 Å². The Bertz CT molecular complexity index is 1360. The Morgan fingerprint density at radius 3 is 2.53 bits per heavy atom. The molecule has 0 bridgehead atoms. The fourth-order valence-corrected chi connectivity index (χ4v) is 7.19. The number of carbonyl (C=O) groups excluding carboxylic acids is 2. The maximum Gasteiger partial charge on any atom is 0.254 e. The van der Waals surface area contributed by atoms with Gasteiger partial charge in [0.05, 0.1) is 5.56 Å². The predicted octanol–water partition coefficient (Wildman–Crippen LogP) is 5.15. The molecule has 4 heterocycles. The first-order valence-electron chi connectivity index (χ1n) is 11.8. The van der Waals surface area contributed by atoms with Crippen molar-refractivity contribution < 1.29 is 14.3 Å². The number of piperidine rings is 1. The van der Waals surface area contributed by atoms with E-state index in [1.54, 1.807) is 0 Å². The van der Waals surface area contributed by atoms with E-state index < -0.39 is 11.1 Å². The molecule has 4 unspecified atom stereocenters. The number of halogens is 1. The van der Waals surface area contributed by atoms with E-state index in [9.17, 15) is 9.59 Å². The van der Waals surface area contributed by atoms with Crippen molar-refractivity contribution in [3.8, 4) is 5.75 Å². The Labute approximate surface area is 202 Å². The van der Waals surface area contributed by atoms with E-state index in [1.165, 1.54) is 0 Å². The van der Waals surface area contributed by atoms with E-state index in [1.807, 2.05) is 72.8 Å². The Morgan fingerprint density at radius 1 is 0.941 bits per heavy atom. The van der Waals surface area contributed by atoms with Crippen LogP contribution >= 0.6 is 11.6 Å². The summed E-state index contributed by atoms with van der Waals surface area (Å²) in [6.45, 7) is 0.727. The van der Waals surface area contributed by atoms with Gasteiger partial charge in [0.2, 0.25) is 11.4 Å². The number of ether oxygens (including phenoxy) is 1. The summed E-state index contributed by atoms with van der Waals surface area (Å²) in [5.74, 6) is -0.0905. The highest BCUT2D eigenvalue weighted by molar-refractivity contribution is 6.30. The molecule has 3 aromatic rings. The SMILES string of the molecule is O=C1c2ccccc2OC12C(c1ccc(Cl)cc1)C1CCCCN1C21C(=O)Nc2ccccc21. The second-order valence-electron chi connectivity index (χ2n) is 9.66. The third kappa shape index (κ3) is 2.24. The summed E-state index contributed by atoms with van der Waals surface area (Å²) in [7, 11) is 0. The van der Waals surface area contributed by atoms with Crippen molar-refractivity contribution in [2.45, 2.75) is 42.4 Å². The lowest BCUT2D eigenvalue weighted by atomic mass is 9.66. The summed E-state index contributed by atoms with van der Waals surface area (Å²) in [5, 5.41) is 3.74. The molecule has 170 valence electrons. The van der Waals surface area contributed by atoms with Crippen molar-refractivity contribution in [2.75, 3.05) is 11.9 Å². The number of nitrogens with zero attached hydrogens (tertiary/aromatic N) is 1. The van der Waals surface area contributed by atoms with Crippen LogP contribution in [0.15, 0.2) is 72.8 Å². The van der Waals surface area contributed by atoms with Gasteiger partial charge in [-0.15, -0.1) is 0 Å². The minimum absolute atomic E-state index is 0.0231. The lowest BCUT2D eigenvalue weighted by Crippen LogP contribution is -2.65. The molecule has 4 aliphatic rings. The molecule has 0 saturated carbocycles. The average Bonchev–Trinajstić information content (AvgIpc) is 3.43. The topological polar surface area (TPSA) is 58.6 Å². The van der Waals surface area contributed by atoms with Crippen molar-refractivity contribution in [3.05, 3.63) is 94.5 Å². The molecule has 7 rings (SSSR count). The van der Waals surface area contributed by atoms with E-state index in [4.69, 9.17) is 16.3 Å². The van der Waals surface area contributed by atoms with Crippen molar-refractivity contribution in [2.24, 2.45) is 0 Å². The van der Waals surface area contributed by atoms with E-state index in [0.29, 0.717) is 16.3 Å². The molecule has 3 aromatic carbocycles. The van der Waals surface area contributed by atoms with Gasteiger partial charge in [0.25, 0.3) is 5.91 Å². The molecule has 5 nitrogen and oxygen atoms in total. The predicted molar refractivity (Wildman–Crippen MR) is 129 cm³/mol. The number of amides is 1. The number of ketones is 1. The highest BCUT2D eigenvalue weighted by Gasteiger charge is 2.80. The number of anilines is 1. The second kappa shape index (κ2) is 6.94. The fraction of sp³-hybridized carbons (Fsp3) is 0.286. The normalized spacial score (nSPS) is 31.3. The van der Waals surface area contributed by atoms with Crippen LogP contribution in [-0.2, 0) is 10.3 Å². The quantitative estimate of drug-likeness (QED) is 0.534. The highest BCUT2D eigenvalue weighted by atomic mass is 35.5. The minimum Gasteiger partial charge on any atom is -0.475 e. The number of para-hydroxylation sites is 2. The van der Waals surface area contributed by atoms with Gasteiger partial charge in [-0.1, -0.05) is 60.5 Å². The van der Waals surface area contributed by atoms with Gasteiger partial charge in [0.1, 0.15) is 5.75 Å². The monoisotopic (exact) mass is 470 g/mol. The number of hydrogen-bond donors (Lipinski definition) is 1. The molecular weight excluding hydrogens is 448 g/mol. The third-order valence-corrected chi connectivity index (χ3v) is 8.46. The number of fused-ring (bicyclic) bond motifs is 6. The molecule has 0 aliphatic carbocycles. The van der Waals surface area contributed by atoms with Crippen LogP contribution < -0.4 is 10.1 Å². The van der Waals surface area contributed by atoms with Crippen molar-refractivity contribution in [1.29, 1.82) is 0 Å². The maximum atomic E-state index is 14.6. The zero-order chi connectivity index (χ0) is 23.1. The van der Waals surface area contributed by atoms with Crippen LogP contribution in [0.5, 0.6) is 5.75 Å². The molecule has 6 heteroatoms. The zero-order valence-electron chi connectivity index (χ0n) is 18.5. The molecule has 2 fully saturated rings. The van der Waals surface area contributed by atoms with Crippen LogP contribution in [0.2, 0.25) is 5.02 Å². The number of rotatable bonds is 1. The number of benzene rings is 3. The van der Waals surface area contributed by atoms with E-state index >= 15 is 0 Å². The molecule has 34 heavy (non-hydrogen) atoms. The van der Waals surface area contributed by atoms with Gasteiger partial charge in [-0.2, -0.15) is 0 Å². The van der Waals surface area contributed by atoms with Gasteiger partial charge in [0.15, 0.2) is 5.54 Å². The van der Waals surface area contributed by atoms with Crippen LogP contribution in [0, 0.1) is 0 Å². The van der Waals surface area contributed by atoms with Gasteiger partial charge in [-0.25, -0.2) is 0 Å². The maximum absolute atomic E-state index is 14.6. The molecule has 2 saturated heterocycles. The summed E-state index contributed by atoms with van der Waals surface area (Å²) < 4.78 is 6.84. The van der Waals surface area contributed by atoms with Crippen LogP contribution in [-0.4, -0.2) is 34.8 Å². The summed E-state index contributed by atoms with van der Waals surface area (Å²) in [6, 6.07) is 22.8. The van der Waals surface area contributed by atoms with E-state index in [-0.39, 0.29) is 23.7 Å². The van der Waals surface area contributed by atoms with Gasteiger partial charge in [0, 0.05) is 28.2 Å². The largest absolute Gasteiger partial charge is 0.475 e. The molecule has 4 aliphatic heterocycles. The summed E-state index contributed by atoms with van der Waals surface area (Å²) >= 11 is 6.25. The molecule has 1 amide bonds. The standard InChI is InChI=1S/C28H23ClN2O3/c29-18-14-12-17(13-15-18)24-22-10-5-6-16-31(22)27(20-8-2-3-9-21(20)30-26(27)33)28(24)25(32)19-7-1-4-11-23(19)34-28/h1-4,7-9,11-15,22,24H,5-6,10,16H2,(H,30,33). The van der Waals surface area contributed by atoms with Gasteiger partial charge < -0.3 is 10.1 Å². The van der Waals surface area contributed by atoms with Gasteiger partial charge in [-0.3, -0.25) is 14.5 Å². The number of nitrogens with one attached hydrogen (secondary N) is 1. The highest BCUT2D eigenvalue weighted by Crippen LogP contribution is 2.65. The fourth-order valence-electron chi connectivity index (χ4n) is 7.06. The molecule has 0 radical (unpaired) electrons.